The second-order valence-corrected chi connectivity index (χ2v) is 3.58. The molecule has 17 heavy (non-hydrogen) atoms. The van der Waals surface area contributed by atoms with E-state index in [2.05, 4.69) is 25.3 Å². The van der Waals surface area contributed by atoms with Crippen molar-refractivity contribution >= 4 is 29.0 Å². The van der Waals surface area contributed by atoms with Gasteiger partial charge in [-0.05, 0) is 6.07 Å². The molecule has 1 amide bonds. The van der Waals surface area contributed by atoms with Gasteiger partial charge < -0.3 is 15.2 Å². The summed E-state index contributed by atoms with van der Waals surface area (Å²) in [5.41, 5.74) is 0.832. The lowest BCUT2D eigenvalue weighted by atomic mass is 10.2. The molecule has 0 saturated heterocycles. The maximum absolute atomic E-state index is 11.8. The Hall–Kier alpha value is -2.08. The van der Waals surface area contributed by atoms with Crippen molar-refractivity contribution in [2.75, 3.05) is 17.7 Å². The van der Waals surface area contributed by atoms with Crippen LogP contribution in [0.4, 0.5) is 11.5 Å². The summed E-state index contributed by atoms with van der Waals surface area (Å²) in [5, 5.41) is 9.25. The average molecular weight is 253 g/mol. The van der Waals surface area contributed by atoms with Crippen LogP contribution in [0.15, 0.2) is 29.2 Å². The number of amides is 1. The second kappa shape index (κ2) is 4.84. The highest BCUT2D eigenvalue weighted by atomic mass is 35.5. The number of nitrogens with zero attached hydrogens (tertiary/aromatic N) is 2. The van der Waals surface area contributed by atoms with E-state index in [1.165, 1.54) is 24.7 Å². The Morgan fingerprint density at radius 3 is 2.88 bits per heavy atom. The third-order valence-corrected chi connectivity index (χ3v) is 2.32. The molecule has 7 heteroatoms. The summed E-state index contributed by atoms with van der Waals surface area (Å²) in [6.45, 7) is 0. The summed E-state index contributed by atoms with van der Waals surface area (Å²) in [5.74, 6) is 0.193. The Kier molecular flexibility index (Phi) is 3.24. The van der Waals surface area contributed by atoms with E-state index in [1.54, 1.807) is 7.05 Å². The summed E-state index contributed by atoms with van der Waals surface area (Å²) in [6, 6.07) is 1.53. The first-order chi connectivity index (χ1) is 8.20. The minimum atomic E-state index is -0.328. The van der Waals surface area contributed by atoms with Crippen LogP contribution in [-0.4, -0.2) is 23.1 Å². The Labute approximate surface area is 102 Å². The van der Waals surface area contributed by atoms with Gasteiger partial charge in [0, 0.05) is 13.2 Å². The number of halogens is 1. The Bertz CT molecular complexity index is 527. The molecule has 88 valence electrons. The summed E-state index contributed by atoms with van der Waals surface area (Å²) in [4.78, 5) is 15.8. The first-order valence-electron chi connectivity index (χ1n) is 4.74. The highest BCUT2D eigenvalue weighted by molar-refractivity contribution is 6.33. The van der Waals surface area contributed by atoms with Crippen LogP contribution < -0.4 is 10.6 Å². The first kappa shape index (κ1) is 11.4. The number of hydrogen-bond donors (Lipinski definition) is 2. The van der Waals surface area contributed by atoms with Gasteiger partial charge in [0.15, 0.2) is 0 Å². The highest BCUT2D eigenvalue weighted by Crippen LogP contribution is 2.20. The Morgan fingerprint density at radius 1 is 1.47 bits per heavy atom. The largest absolute Gasteiger partial charge is 0.372 e. The Morgan fingerprint density at radius 2 is 2.29 bits per heavy atom. The molecule has 2 heterocycles. The van der Waals surface area contributed by atoms with Crippen molar-refractivity contribution in [1.29, 1.82) is 0 Å². The van der Waals surface area contributed by atoms with Crippen LogP contribution in [0.3, 0.4) is 0 Å². The van der Waals surface area contributed by atoms with Gasteiger partial charge in [-0.25, -0.2) is 4.98 Å². The summed E-state index contributed by atoms with van der Waals surface area (Å²) < 4.78 is 4.60. The number of carbonyl (C=O) groups excluding carboxylic acids is 1. The average Bonchev–Trinajstić information content (AvgIpc) is 2.81. The van der Waals surface area contributed by atoms with Crippen LogP contribution in [-0.2, 0) is 0 Å². The van der Waals surface area contributed by atoms with E-state index in [1.807, 2.05) is 0 Å². The van der Waals surface area contributed by atoms with Crippen molar-refractivity contribution in [3.05, 3.63) is 35.3 Å². The van der Waals surface area contributed by atoms with Crippen LogP contribution >= 0.6 is 11.6 Å². The van der Waals surface area contributed by atoms with E-state index in [-0.39, 0.29) is 5.91 Å². The van der Waals surface area contributed by atoms with Gasteiger partial charge in [0.25, 0.3) is 5.91 Å². The predicted molar refractivity (Wildman–Crippen MR) is 63.2 cm³/mol. The number of rotatable bonds is 3. The number of carbonyl (C=O) groups is 1. The molecule has 0 aliphatic rings. The van der Waals surface area contributed by atoms with E-state index in [4.69, 9.17) is 11.6 Å². The fraction of sp³-hybridized carbons (Fsp3) is 0.100. The first-order valence-corrected chi connectivity index (χ1v) is 5.12. The zero-order chi connectivity index (χ0) is 12.3. The molecular formula is C10H9ClN4O2. The molecule has 2 N–H and O–H groups in total. The normalized spacial score (nSPS) is 10.0. The summed E-state index contributed by atoms with van der Waals surface area (Å²) >= 11 is 5.92. The van der Waals surface area contributed by atoms with Gasteiger partial charge >= 0.3 is 0 Å². The SMILES string of the molecule is CNc1ncc(C(=O)Nc2cnoc2)cc1Cl. The molecule has 0 bridgehead atoms. The van der Waals surface area contributed by atoms with Gasteiger partial charge in [0.1, 0.15) is 17.8 Å². The fourth-order valence-electron chi connectivity index (χ4n) is 1.22. The predicted octanol–water partition coefficient (Wildman–Crippen LogP) is 2.02. The van der Waals surface area contributed by atoms with Crippen molar-refractivity contribution in [3.63, 3.8) is 0 Å². The second-order valence-electron chi connectivity index (χ2n) is 3.17. The third-order valence-electron chi connectivity index (χ3n) is 2.03. The van der Waals surface area contributed by atoms with Crippen LogP contribution in [0.5, 0.6) is 0 Å². The van der Waals surface area contributed by atoms with Crippen molar-refractivity contribution in [1.82, 2.24) is 10.1 Å². The summed E-state index contributed by atoms with van der Waals surface area (Å²) in [7, 11) is 1.70. The Balaban J connectivity index is 2.17. The summed E-state index contributed by atoms with van der Waals surface area (Å²) in [6.07, 6.45) is 4.16. The van der Waals surface area contributed by atoms with Crippen molar-refractivity contribution in [3.8, 4) is 0 Å². The molecule has 0 unspecified atom stereocenters. The molecule has 0 aromatic carbocycles. The maximum atomic E-state index is 11.8. The van der Waals surface area contributed by atoms with E-state index >= 15 is 0 Å². The van der Waals surface area contributed by atoms with E-state index in [0.717, 1.165) is 0 Å². The maximum Gasteiger partial charge on any atom is 0.257 e. The monoisotopic (exact) mass is 252 g/mol. The van der Waals surface area contributed by atoms with E-state index in [0.29, 0.717) is 22.1 Å². The number of aromatic nitrogens is 2. The minimum absolute atomic E-state index is 0.328. The number of pyridine rings is 1. The van der Waals surface area contributed by atoms with Crippen LogP contribution in [0.2, 0.25) is 5.02 Å². The molecule has 2 aromatic heterocycles. The minimum Gasteiger partial charge on any atom is -0.372 e. The molecule has 6 nitrogen and oxygen atoms in total. The molecule has 0 saturated carbocycles. The molecule has 0 fully saturated rings. The van der Waals surface area contributed by atoms with Crippen LogP contribution in [0, 0.1) is 0 Å². The highest BCUT2D eigenvalue weighted by Gasteiger charge is 2.10. The van der Waals surface area contributed by atoms with Gasteiger partial charge in [0.05, 0.1) is 16.8 Å². The van der Waals surface area contributed by atoms with Crippen molar-refractivity contribution < 1.29 is 9.32 Å². The zero-order valence-electron chi connectivity index (χ0n) is 8.90. The van der Waals surface area contributed by atoms with Gasteiger partial charge in [-0.1, -0.05) is 16.8 Å². The number of hydrogen-bond acceptors (Lipinski definition) is 5. The quantitative estimate of drug-likeness (QED) is 0.874. The van der Waals surface area contributed by atoms with Crippen molar-refractivity contribution in [2.24, 2.45) is 0 Å². The zero-order valence-corrected chi connectivity index (χ0v) is 9.65. The van der Waals surface area contributed by atoms with Crippen LogP contribution in [0.1, 0.15) is 10.4 Å². The molecule has 0 aliphatic heterocycles. The third kappa shape index (κ3) is 2.54. The van der Waals surface area contributed by atoms with Gasteiger partial charge in [-0.3, -0.25) is 4.79 Å². The molecule has 0 atom stereocenters. The molecule has 2 rings (SSSR count). The number of nitrogens with one attached hydrogen (secondary N) is 2. The van der Waals surface area contributed by atoms with Gasteiger partial charge in [0.2, 0.25) is 0 Å². The van der Waals surface area contributed by atoms with Crippen molar-refractivity contribution in [2.45, 2.75) is 0 Å². The van der Waals surface area contributed by atoms with Crippen LogP contribution in [0.25, 0.3) is 0 Å². The molecule has 0 radical (unpaired) electrons. The molecule has 2 aromatic rings. The lowest BCUT2D eigenvalue weighted by molar-refractivity contribution is 0.102. The molecule has 0 aliphatic carbocycles. The molecule has 0 spiro atoms. The van der Waals surface area contributed by atoms with Gasteiger partial charge in [-0.2, -0.15) is 0 Å². The standard InChI is InChI=1S/C10H9ClN4O2/c1-12-9-8(11)2-6(3-13-9)10(16)15-7-4-14-17-5-7/h2-5H,1H3,(H,12,13)(H,15,16). The van der Waals surface area contributed by atoms with E-state index < -0.39 is 0 Å². The topological polar surface area (TPSA) is 80.0 Å². The van der Waals surface area contributed by atoms with Gasteiger partial charge in [-0.15, -0.1) is 0 Å². The van der Waals surface area contributed by atoms with E-state index in [9.17, 15) is 4.79 Å². The lowest BCUT2D eigenvalue weighted by Crippen LogP contribution is -2.12. The fourth-order valence-corrected chi connectivity index (χ4v) is 1.48. The molecular weight excluding hydrogens is 244 g/mol. The smallest absolute Gasteiger partial charge is 0.257 e. The number of anilines is 2. The lowest BCUT2D eigenvalue weighted by Gasteiger charge is -2.05.